The van der Waals surface area contributed by atoms with Crippen molar-refractivity contribution in [1.82, 2.24) is 4.57 Å². The predicted octanol–water partition coefficient (Wildman–Crippen LogP) is 5.57. The van der Waals surface area contributed by atoms with Crippen LogP contribution in [0.2, 0.25) is 10.0 Å². The zero-order chi connectivity index (χ0) is 15.1. The molecule has 8 heteroatoms. The van der Waals surface area contributed by atoms with Crippen LogP contribution in [-0.2, 0) is 6.18 Å². The molecule has 0 bridgehead atoms. The summed E-state index contributed by atoms with van der Waals surface area (Å²) >= 11 is 14.4. The van der Waals surface area contributed by atoms with Crippen LogP contribution in [0.15, 0.2) is 28.7 Å². The first-order valence-corrected chi connectivity index (χ1v) is 6.64. The molecule has 1 aromatic heterocycles. The lowest BCUT2D eigenvalue weighted by Crippen LogP contribution is -2.12. The Bertz CT molecular complexity index is 717. The van der Waals surface area contributed by atoms with E-state index in [1.165, 1.54) is 30.5 Å². The summed E-state index contributed by atoms with van der Waals surface area (Å²) in [5.41, 5.74) is -0.636. The first-order valence-electron chi connectivity index (χ1n) is 5.09. The minimum absolute atomic E-state index is 0.0743. The van der Waals surface area contributed by atoms with Gasteiger partial charge in [0.2, 0.25) is 0 Å². The van der Waals surface area contributed by atoms with Gasteiger partial charge in [-0.05, 0) is 34.1 Å². The summed E-state index contributed by atoms with van der Waals surface area (Å²) in [6, 6.07) is 5.56. The minimum Gasteiger partial charge on any atom is -0.241 e. The number of benzene rings is 1. The summed E-state index contributed by atoms with van der Waals surface area (Å²) in [4.78, 5) is 0. The van der Waals surface area contributed by atoms with Gasteiger partial charge in [-0.3, -0.25) is 0 Å². The van der Waals surface area contributed by atoms with E-state index < -0.39 is 11.9 Å². The SMILES string of the molecule is N#Cn1c(-c2ccc(Cl)c(Cl)c2)cc(Br)c1C(F)(F)F. The standard InChI is InChI=1S/C12H4BrCl2F3N2/c13-7-4-10(6-1-2-8(14)9(15)3-6)20(5-19)11(7)12(16,17)18/h1-4H. The van der Waals surface area contributed by atoms with Crippen LogP contribution in [0.5, 0.6) is 0 Å². The number of hydrogen-bond donors (Lipinski definition) is 0. The third kappa shape index (κ3) is 2.66. The lowest BCUT2D eigenvalue weighted by molar-refractivity contribution is -0.142. The Kier molecular flexibility index (Phi) is 4.05. The molecule has 0 fully saturated rings. The zero-order valence-corrected chi connectivity index (χ0v) is 12.6. The van der Waals surface area contributed by atoms with Gasteiger partial charge in [0, 0.05) is 10.0 Å². The van der Waals surface area contributed by atoms with Gasteiger partial charge in [-0.2, -0.15) is 18.4 Å². The number of aromatic nitrogens is 1. The Hall–Kier alpha value is -1.16. The molecular weight excluding hydrogens is 380 g/mol. The molecule has 0 aliphatic rings. The van der Waals surface area contributed by atoms with E-state index in [0.717, 1.165) is 0 Å². The third-order valence-electron chi connectivity index (χ3n) is 2.54. The van der Waals surface area contributed by atoms with E-state index in [2.05, 4.69) is 15.9 Å². The molecule has 0 aliphatic carbocycles. The van der Waals surface area contributed by atoms with Crippen LogP contribution in [0.1, 0.15) is 5.69 Å². The number of halogens is 6. The number of rotatable bonds is 1. The summed E-state index contributed by atoms with van der Waals surface area (Å²) in [7, 11) is 0. The van der Waals surface area contributed by atoms with Crippen molar-refractivity contribution >= 4 is 39.1 Å². The summed E-state index contributed by atoms with van der Waals surface area (Å²) < 4.78 is 39.0. The van der Waals surface area contributed by atoms with E-state index in [4.69, 9.17) is 28.5 Å². The Morgan fingerprint density at radius 1 is 1.15 bits per heavy atom. The second-order valence-electron chi connectivity index (χ2n) is 3.79. The van der Waals surface area contributed by atoms with Crippen LogP contribution < -0.4 is 0 Å². The van der Waals surface area contributed by atoms with Gasteiger partial charge >= 0.3 is 6.18 Å². The molecule has 2 aromatic rings. The van der Waals surface area contributed by atoms with Gasteiger partial charge in [0.15, 0.2) is 11.9 Å². The van der Waals surface area contributed by atoms with Crippen LogP contribution >= 0.6 is 39.1 Å². The number of alkyl halides is 3. The summed E-state index contributed by atoms with van der Waals surface area (Å²) in [6.45, 7) is 0. The lowest BCUT2D eigenvalue weighted by Gasteiger charge is -2.09. The van der Waals surface area contributed by atoms with Gasteiger partial charge in [-0.15, -0.1) is 0 Å². The van der Waals surface area contributed by atoms with E-state index in [1.54, 1.807) is 0 Å². The van der Waals surface area contributed by atoms with Gasteiger partial charge in [-0.1, -0.05) is 29.3 Å². The zero-order valence-electron chi connectivity index (χ0n) is 9.47. The van der Waals surface area contributed by atoms with Crippen molar-refractivity contribution in [1.29, 1.82) is 5.26 Å². The summed E-state index contributed by atoms with van der Waals surface area (Å²) in [5, 5.41) is 9.47. The van der Waals surface area contributed by atoms with Crippen molar-refractivity contribution in [2.45, 2.75) is 6.18 Å². The molecule has 0 unspecified atom stereocenters. The fraction of sp³-hybridized carbons (Fsp3) is 0.0833. The molecule has 1 aromatic carbocycles. The van der Waals surface area contributed by atoms with Crippen LogP contribution in [0, 0.1) is 11.5 Å². The fourth-order valence-electron chi connectivity index (χ4n) is 1.71. The molecule has 0 atom stereocenters. The van der Waals surface area contributed by atoms with Crippen molar-refractivity contribution in [3.05, 3.63) is 44.5 Å². The summed E-state index contributed by atoms with van der Waals surface area (Å²) in [5.74, 6) is 0. The molecule has 0 spiro atoms. The molecular formula is C12H4BrCl2F3N2. The van der Waals surface area contributed by atoms with Gasteiger partial charge in [-0.25, -0.2) is 4.57 Å². The molecule has 0 aliphatic heterocycles. The normalized spacial score (nSPS) is 11.4. The molecule has 2 rings (SSSR count). The van der Waals surface area contributed by atoms with E-state index >= 15 is 0 Å². The predicted molar refractivity (Wildman–Crippen MR) is 73.6 cm³/mol. The van der Waals surface area contributed by atoms with Crippen LogP contribution in [0.3, 0.4) is 0 Å². The van der Waals surface area contributed by atoms with Gasteiger partial charge in [0.25, 0.3) is 0 Å². The van der Waals surface area contributed by atoms with Crippen molar-refractivity contribution < 1.29 is 13.2 Å². The van der Waals surface area contributed by atoms with Crippen LogP contribution in [0.25, 0.3) is 11.3 Å². The fourth-order valence-corrected chi connectivity index (χ4v) is 2.63. The maximum Gasteiger partial charge on any atom is 0.433 e. The van der Waals surface area contributed by atoms with Crippen LogP contribution in [0.4, 0.5) is 13.2 Å². The second-order valence-corrected chi connectivity index (χ2v) is 5.46. The van der Waals surface area contributed by atoms with E-state index in [0.29, 0.717) is 10.1 Å². The van der Waals surface area contributed by atoms with Gasteiger partial charge in [0.1, 0.15) is 0 Å². The Morgan fingerprint density at radius 3 is 2.30 bits per heavy atom. The Labute approximate surface area is 130 Å². The Morgan fingerprint density at radius 2 is 1.80 bits per heavy atom. The van der Waals surface area contributed by atoms with Gasteiger partial charge < -0.3 is 0 Å². The van der Waals surface area contributed by atoms with E-state index in [-0.39, 0.29) is 20.2 Å². The largest absolute Gasteiger partial charge is 0.433 e. The smallest absolute Gasteiger partial charge is 0.241 e. The first-order chi connectivity index (χ1) is 9.25. The average Bonchev–Trinajstić information content (AvgIpc) is 2.69. The molecule has 0 saturated heterocycles. The molecule has 0 amide bonds. The molecule has 2 nitrogen and oxygen atoms in total. The van der Waals surface area contributed by atoms with Crippen molar-refractivity contribution in [3.63, 3.8) is 0 Å². The molecule has 0 radical (unpaired) electrons. The molecule has 20 heavy (non-hydrogen) atoms. The van der Waals surface area contributed by atoms with E-state index in [9.17, 15) is 13.2 Å². The highest BCUT2D eigenvalue weighted by Crippen LogP contribution is 2.40. The number of nitriles is 1. The van der Waals surface area contributed by atoms with Gasteiger partial charge in [0.05, 0.1) is 15.7 Å². The van der Waals surface area contributed by atoms with Crippen molar-refractivity contribution in [3.8, 4) is 17.5 Å². The molecule has 1 heterocycles. The maximum absolute atomic E-state index is 12.9. The highest BCUT2D eigenvalue weighted by atomic mass is 79.9. The van der Waals surface area contributed by atoms with Crippen molar-refractivity contribution in [2.75, 3.05) is 0 Å². The molecule has 0 N–H and O–H groups in total. The topological polar surface area (TPSA) is 28.7 Å². The van der Waals surface area contributed by atoms with Crippen LogP contribution in [-0.4, -0.2) is 4.57 Å². The quantitative estimate of drug-likeness (QED) is 0.632. The third-order valence-corrected chi connectivity index (χ3v) is 3.88. The minimum atomic E-state index is -4.65. The second kappa shape index (κ2) is 5.32. The monoisotopic (exact) mass is 382 g/mol. The van der Waals surface area contributed by atoms with E-state index in [1.807, 2.05) is 0 Å². The number of nitrogens with zero attached hydrogens (tertiary/aromatic N) is 2. The lowest BCUT2D eigenvalue weighted by atomic mass is 10.1. The molecule has 0 saturated carbocycles. The number of hydrogen-bond acceptors (Lipinski definition) is 1. The molecule has 104 valence electrons. The first kappa shape index (κ1) is 15.2. The Balaban J connectivity index is 2.70. The average molecular weight is 384 g/mol. The maximum atomic E-state index is 12.9. The van der Waals surface area contributed by atoms with Crippen molar-refractivity contribution in [2.24, 2.45) is 0 Å². The highest BCUT2D eigenvalue weighted by molar-refractivity contribution is 9.10. The highest BCUT2D eigenvalue weighted by Gasteiger charge is 2.38. The summed E-state index contributed by atoms with van der Waals surface area (Å²) in [6.07, 6.45) is -3.14.